The maximum atomic E-state index is 14.2. The molecule has 9 nitrogen and oxygen atoms in total. The number of fused-ring (bicyclic) bond motifs is 12. The fourth-order valence-electron chi connectivity index (χ4n) is 12.6. The van der Waals surface area contributed by atoms with Crippen LogP contribution in [-0.2, 0) is 0 Å². The van der Waals surface area contributed by atoms with Crippen LogP contribution in [0.4, 0.5) is 4.70 Å². The molecule has 0 amide bonds. The van der Waals surface area contributed by atoms with E-state index in [1.807, 2.05) is 180 Å². The summed E-state index contributed by atoms with van der Waals surface area (Å²) >= 11 is 4.63. The van der Waals surface area contributed by atoms with Gasteiger partial charge in [-0.25, -0.2) is 0 Å². The summed E-state index contributed by atoms with van der Waals surface area (Å²) in [4.78, 5) is 81.2. The first kappa shape index (κ1) is 53.2. The number of halogens is 3. The van der Waals surface area contributed by atoms with Crippen molar-refractivity contribution in [3.05, 3.63) is 305 Å². The Labute approximate surface area is 507 Å². The Balaban J connectivity index is 0.000000160. The van der Waals surface area contributed by atoms with Crippen LogP contribution in [-0.4, -0.2) is 13.2 Å². The lowest BCUT2D eigenvalue weighted by Gasteiger charge is -2.17. The highest BCUT2D eigenvalue weighted by molar-refractivity contribution is 14.1. The summed E-state index contributed by atoms with van der Waals surface area (Å²) in [5, 5.41) is 6.86. The van der Waals surface area contributed by atoms with Crippen LogP contribution in [0.3, 0.4) is 0 Å². The Kier molecular flexibility index (Phi) is 12.9. The van der Waals surface area contributed by atoms with Crippen LogP contribution in [0.5, 0.6) is 0 Å². The lowest BCUT2D eigenvalue weighted by atomic mass is 9.92. The highest BCUT2D eigenvalue weighted by atomic mass is 127. The molecule has 12 heteroatoms. The highest BCUT2D eigenvalue weighted by Crippen LogP contribution is 2.37. The van der Waals surface area contributed by atoms with Gasteiger partial charge in [0.1, 0.15) is 0 Å². The lowest BCUT2D eigenvalue weighted by Crippen LogP contribution is -2.14. The molecule has 0 unspecified atom stereocenters. The number of nitrogens with zero attached hydrogens (tertiary/aromatic N) is 3. The van der Waals surface area contributed by atoms with Crippen molar-refractivity contribution in [2.75, 3.05) is 0 Å². The van der Waals surface area contributed by atoms with Crippen LogP contribution in [0, 0.1) is 14.1 Å². The van der Waals surface area contributed by atoms with Gasteiger partial charge in [-0.15, -0.1) is 0 Å². The van der Waals surface area contributed by atoms with E-state index in [-0.39, 0.29) is 37.3 Å². The number of benzene rings is 11. The standard InChI is InChI=1S/C46H24N2O4.C21H13NO2.C6H4I2.FH/c49-43-29-11-3-5-17-37(29)47-39-21-19-25(23-35(39)45(51)33-15-7-13-31(43)41(33)47)27-9-1-2-10-28(27)26-20-22-40-36(24-26)46(52)34-16-8-14-32-42(34)48(40)38-18-6-4-12-30(38)44(32)50;1-12-9-10-18-16(11-12)21(24)15-7-4-6-14-19(15)22(18)17-8-3-2-5-13(17)20(14)23;7-5-3-1-2-4-6(5)8;/h1-24H;2-11H,1H3;1-4H;1H. The fourth-order valence-corrected chi connectivity index (χ4v) is 13.4. The molecule has 0 atom stereocenters. The number of rotatable bonds is 2. The van der Waals surface area contributed by atoms with Gasteiger partial charge in [-0.05, 0) is 196 Å². The second-order valence-corrected chi connectivity index (χ2v) is 23.4. The van der Waals surface area contributed by atoms with Crippen LogP contribution in [0.1, 0.15) is 5.56 Å². The molecule has 85 heavy (non-hydrogen) atoms. The van der Waals surface area contributed by atoms with Crippen LogP contribution in [0.2, 0.25) is 0 Å². The average molecular weight is 1330 g/mol. The molecule has 17 rings (SSSR count). The zero-order valence-corrected chi connectivity index (χ0v) is 49.2. The second kappa shape index (κ2) is 20.5. The largest absolute Gasteiger partial charge is 0.308 e. The summed E-state index contributed by atoms with van der Waals surface area (Å²) in [5.41, 5.74) is 10.7. The summed E-state index contributed by atoms with van der Waals surface area (Å²) in [6.45, 7) is 1.98. The third-order valence-corrected chi connectivity index (χ3v) is 19.3. The molecule has 406 valence electrons. The quantitative estimate of drug-likeness (QED) is 0.0967. The predicted octanol–water partition coefficient (Wildman–Crippen LogP) is 15.7. The van der Waals surface area contributed by atoms with E-state index in [4.69, 9.17) is 0 Å². The van der Waals surface area contributed by atoms with Gasteiger partial charge in [-0.2, -0.15) is 0 Å². The monoisotopic (exact) mass is 1330 g/mol. The smallest absolute Gasteiger partial charge is 0.197 e. The first-order chi connectivity index (χ1) is 41.0. The summed E-state index contributed by atoms with van der Waals surface area (Å²) in [6, 6.07) is 72.7. The van der Waals surface area contributed by atoms with E-state index < -0.39 is 0 Å². The molecule has 0 saturated heterocycles. The summed E-state index contributed by atoms with van der Waals surface area (Å²) in [5.74, 6) is 0. The van der Waals surface area contributed by atoms with Crippen molar-refractivity contribution < 1.29 is 4.70 Å². The normalized spacial score (nSPS) is 11.7. The molecule has 0 fully saturated rings. The van der Waals surface area contributed by atoms with Gasteiger partial charge in [0.05, 0.1) is 49.7 Å². The van der Waals surface area contributed by atoms with Crippen LogP contribution < -0.4 is 32.6 Å². The average Bonchev–Trinajstić information content (AvgIpc) is 0.921. The summed E-state index contributed by atoms with van der Waals surface area (Å²) in [6.07, 6.45) is 0. The van der Waals surface area contributed by atoms with E-state index in [0.717, 1.165) is 60.9 Å². The Morgan fingerprint density at radius 2 is 0.518 bits per heavy atom. The minimum atomic E-state index is -0.132. The maximum Gasteiger partial charge on any atom is 0.197 e. The molecule has 0 spiro atoms. The Morgan fingerprint density at radius 1 is 0.259 bits per heavy atom. The highest BCUT2D eigenvalue weighted by Gasteiger charge is 2.22. The fraction of sp³-hybridized carbons (Fsp3) is 0.0137. The molecule has 6 aromatic heterocycles. The van der Waals surface area contributed by atoms with E-state index in [0.29, 0.717) is 81.2 Å². The van der Waals surface area contributed by atoms with Gasteiger partial charge >= 0.3 is 0 Å². The molecule has 0 bridgehead atoms. The molecule has 0 radical (unpaired) electrons. The summed E-state index contributed by atoms with van der Waals surface area (Å²) < 4.78 is 8.78. The number of hydrogen-bond acceptors (Lipinski definition) is 6. The van der Waals surface area contributed by atoms with Crippen molar-refractivity contribution in [3.8, 4) is 22.3 Å². The molecule has 6 heterocycles. The van der Waals surface area contributed by atoms with Crippen molar-refractivity contribution >= 4 is 159 Å². The molecule has 11 aromatic carbocycles. The Hall–Kier alpha value is -9.77. The number of hydrogen-bond donors (Lipinski definition) is 0. The van der Waals surface area contributed by atoms with E-state index >= 15 is 0 Å². The van der Waals surface area contributed by atoms with Gasteiger partial charge in [0, 0.05) is 71.8 Å². The van der Waals surface area contributed by atoms with Crippen LogP contribution in [0.25, 0.3) is 137 Å². The van der Waals surface area contributed by atoms with Crippen LogP contribution in [0.15, 0.2) is 259 Å². The zero-order chi connectivity index (χ0) is 57.2. The van der Waals surface area contributed by atoms with Gasteiger partial charge in [0.2, 0.25) is 0 Å². The molecule has 0 aliphatic rings. The number of para-hydroxylation sites is 6. The minimum absolute atomic E-state index is 0. The third kappa shape index (κ3) is 8.13. The first-order valence-electron chi connectivity index (χ1n) is 27.2. The summed E-state index contributed by atoms with van der Waals surface area (Å²) in [7, 11) is 0. The molecule has 0 aliphatic heterocycles. The second-order valence-electron chi connectivity index (χ2n) is 21.1. The molecular weight excluding hydrogens is 1290 g/mol. The van der Waals surface area contributed by atoms with Crippen molar-refractivity contribution in [1.82, 2.24) is 13.2 Å². The Bertz CT molecular complexity index is 5820. The molecule has 0 N–H and O–H groups in total. The van der Waals surface area contributed by atoms with Gasteiger partial charge in [0.15, 0.2) is 32.6 Å². The molecular formula is C73H42FI2N3O6. The number of aromatic nitrogens is 3. The van der Waals surface area contributed by atoms with Crippen LogP contribution >= 0.6 is 45.2 Å². The maximum absolute atomic E-state index is 14.2. The van der Waals surface area contributed by atoms with E-state index in [9.17, 15) is 28.8 Å². The van der Waals surface area contributed by atoms with E-state index in [1.54, 1.807) is 54.6 Å². The zero-order valence-electron chi connectivity index (χ0n) is 44.9. The number of pyridine rings is 6. The van der Waals surface area contributed by atoms with E-state index in [2.05, 4.69) is 61.7 Å². The third-order valence-electron chi connectivity index (χ3n) is 16.4. The van der Waals surface area contributed by atoms with Crippen molar-refractivity contribution in [3.63, 3.8) is 0 Å². The number of aryl methyl sites for hydroxylation is 1. The molecule has 0 saturated carbocycles. The van der Waals surface area contributed by atoms with Crippen molar-refractivity contribution in [2.45, 2.75) is 6.92 Å². The first-order valence-corrected chi connectivity index (χ1v) is 29.4. The molecule has 0 aliphatic carbocycles. The SMILES string of the molecule is Cc1ccc2c(c1)c(=O)c1cccc3c(=O)c4ccccc4n2c31.F.Ic1ccccc1I.O=c1c2ccccc2n2c3ccc(-c4ccccc4-c4ccc5c(c4)c(=O)c4cccc6c(=O)c7ccccc7n5c64)cc3c(=O)c3cccc1c32. The van der Waals surface area contributed by atoms with E-state index in [1.165, 1.54) is 7.14 Å². The van der Waals surface area contributed by atoms with Crippen molar-refractivity contribution in [1.29, 1.82) is 0 Å². The topological polar surface area (TPSA) is 116 Å². The van der Waals surface area contributed by atoms with Gasteiger partial charge < -0.3 is 13.2 Å². The molecule has 17 aromatic rings. The Morgan fingerprint density at radius 3 is 0.859 bits per heavy atom. The van der Waals surface area contributed by atoms with Gasteiger partial charge in [-0.3, -0.25) is 33.5 Å². The minimum Gasteiger partial charge on any atom is -0.308 e. The van der Waals surface area contributed by atoms with Crippen molar-refractivity contribution in [2.24, 2.45) is 0 Å². The predicted molar refractivity (Wildman–Crippen MR) is 364 cm³/mol. The lowest BCUT2D eigenvalue weighted by molar-refractivity contribution is 1.11. The van der Waals surface area contributed by atoms with Gasteiger partial charge in [0.25, 0.3) is 0 Å². The van der Waals surface area contributed by atoms with Gasteiger partial charge in [-0.1, -0.05) is 115 Å².